The van der Waals surface area contributed by atoms with Crippen molar-refractivity contribution in [3.8, 4) is 0 Å². The minimum Gasteiger partial charge on any atom is -0.147 e. The van der Waals surface area contributed by atoms with Gasteiger partial charge in [-0.2, -0.15) is 0 Å². The minimum atomic E-state index is 0. The topological polar surface area (TPSA) is 0 Å². The van der Waals surface area contributed by atoms with Crippen molar-refractivity contribution < 1.29 is 0 Å². The highest BCUT2D eigenvalue weighted by Gasteiger charge is 1.81. The Morgan fingerprint density at radius 3 is 1.80 bits per heavy atom. The molecule has 0 aromatic heterocycles. The Labute approximate surface area is 82.0 Å². The molecule has 10 heavy (non-hydrogen) atoms. The monoisotopic (exact) mass is 242 g/mol. The van der Waals surface area contributed by atoms with Gasteiger partial charge in [0.05, 0.1) is 0 Å². The average Bonchev–Trinajstić information content (AvgIpc) is 1.90. The second-order valence-corrected chi connectivity index (χ2v) is 2.18. The normalized spacial score (nSPS) is 7.30. The van der Waals surface area contributed by atoms with Gasteiger partial charge in [-0.25, -0.2) is 0 Å². The molecule has 1 rings (SSSR count). The first-order chi connectivity index (χ1) is 3.93. The lowest BCUT2D eigenvalue weighted by Gasteiger charge is -1.88. The summed E-state index contributed by atoms with van der Waals surface area (Å²) in [6.45, 7) is 0. The highest BCUT2D eigenvalue weighted by Crippen LogP contribution is 2.02. The van der Waals surface area contributed by atoms with Crippen molar-refractivity contribution in [1.29, 1.82) is 0 Å². The molecule has 0 N–H and O–H groups in total. The van der Waals surface area contributed by atoms with Crippen LogP contribution in [-0.2, 0) is 5.33 Å². The van der Waals surface area contributed by atoms with Crippen molar-refractivity contribution >= 4 is 40.7 Å². The maximum Gasteiger partial charge on any atom is 0.0283 e. The van der Waals surface area contributed by atoms with Crippen molar-refractivity contribution in [2.45, 2.75) is 5.33 Å². The molecule has 0 amide bonds. The molecule has 0 nitrogen and oxygen atoms in total. The summed E-state index contributed by atoms with van der Waals surface area (Å²) in [5.41, 5.74) is 1.33. The molecule has 0 atom stereocenters. The maximum atomic E-state index is 3.36. The number of halogens is 3. The third kappa shape index (κ3) is 4.15. The van der Waals surface area contributed by atoms with Gasteiger partial charge in [0.2, 0.25) is 0 Å². The zero-order valence-electron chi connectivity index (χ0n) is 5.29. The van der Waals surface area contributed by atoms with Gasteiger partial charge in [-0.15, -0.1) is 24.8 Å². The predicted molar refractivity (Wildman–Crippen MR) is 53.6 cm³/mol. The largest absolute Gasteiger partial charge is 0.147 e. The summed E-state index contributed by atoms with van der Waals surface area (Å²) >= 11 is 3.36. The summed E-state index contributed by atoms with van der Waals surface area (Å²) in [5.74, 6) is 0. The summed E-state index contributed by atoms with van der Waals surface area (Å²) in [7, 11) is 0. The first kappa shape index (κ1) is 12.9. The fourth-order valence-corrected chi connectivity index (χ4v) is 0.941. The van der Waals surface area contributed by atoms with Gasteiger partial charge in [-0.1, -0.05) is 46.3 Å². The number of alkyl halides is 1. The number of hydrogen-bond acceptors (Lipinski definition) is 0. The van der Waals surface area contributed by atoms with E-state index in [0.29, 0.717) is 0 Å². The average molecular weight is 244 g/mol. The fourth-order valence-electron chi connectivity index (χ4n) is 0.567. The van der Waals surface area contributed by atoms with E-state index < -0.39 is 0 Å². The van der Waals surface area contributed by atoms with E-state index in [0.717, 1.165) is 5.33 Å². The Morgan fingerprint density at radius 2 is 1.50 bits per heavy atom. The first-order valence-corrected chi connectivity index (χ1v) is 3.65. The van der Waals surface area contributed by atoms with Gasteiger partial charge < -0.3 is 0 Å². The highest BCUT2D eigenvalue weighted by atomic mass is 79.9. The lowest BCUT2D eigenvalue weighted by molar-refractivity contribution is 1.44. The molecule has 0 radical (unpaired) electrons. The number of hydrogen-bond donors (Lipinski definition) is 0. The van der Waals surface area contributed by atoms with Crippen LogP contribution in [0.1, 0.15) is 5.56 Å². The second kappa shape index (κ2) is 7.39. The van der Waals surface area contributed by atoms with Crippen LogP contribution in [0.25, 0.3) is 0 Å². The summed E-state index contributed by atoms with van der Waals surface area (Å²) in [6.07, 6.45) is 0. The van der Waals surface area contributed by atoms with Crippen molar-refractivity contribution in [2.75, 3.05) is 0 Å². The maximum absolute atomic E-state index is 3.36. The minimum absolute atomic E-state index is 0. The molecule has 0 aliphatic carbocycles. The Balaban J connectivity index is 0. The quantitative estimate of drug-likeness (QED) is 0.664. The third-order valence-corrected chi connectivity index (χ3v) is 1.64. The molecule has 0 aliphatic rings. The molecule has 0 fully saturated rings. The molecule has 0 aliphatic heterocycles. The summed E-state index contributed by atoms with van der Waals surface area (Å²) < 4.78 is 0. The highest BCUT2D eigenvalue weighted by molar-refractivity contribution is 9.08. The van der Waals surface area contributed by atoms with Crippen LogP contribution in [0.3, 0.4) is 0 Å². The van der Waals surface area contributed by atoms with Crippen LogP contribution in [0.5, 0.6) is 0 Å². The molecular weight excluding hydrogens is 235 g/mol. The van der Waals surface area contributed by atoms with Crippen LogP contribution in [-0.4, -0.2) is 0 Å². The van der Waals surface area contributed by atoms with E-state index in [4.69, 9.17) is 0 Å². The van der Waals surface area contributed by atoms with E-state index in [9.17, 15) is 0 Å². The molecular formula is C7H9BrCl2. The SMILES string of the molecule is BrCc1ccccc1.Cl.Cl. The Bertz CT molecular complexity index is 153. The lowest BCUT2D eigenvalue weighted by atomic mass is 10.2. The van der Waals surface area contributed by atoms with Gasteiger partial charge in [0.25, 0.3) is 0 Å². The van der Waals surface area contributed by atoms with Crippen molar-refractivity contribution in [2.24, 2.45) is 0 Å². The van der Waals surface area contributed by atoms with E-state index in [1.165, 1.54) is 5.56 Å². The van der Waals surface area contributed by atoms with Gasteiger partial charge in [0, 0.05) is 5.33 Å². The molecule has 0 saturated carbocycles. The van der Waals surface area contributed by atoms with Crippen LogP contribution in [0.15, 0.2) is 30.3 Å². The van der Waals surface area contributed by atoms with Crippen molar-refractivity contribution in [1.82, 2.24) is 0 Å². The van der Waals surface area contributed by atoms with Gasteiger partial charge in [-0.3, -0.25) is 0 Å². The molecule has 0 bridgehead atoms. The van der Waals surface area contributed by atoms with E-state index in [1.54, 1.807) is 0 Å². The van der Waals surface area contributed by atoms with Crippen LogP contribution in [0, 0.1) is 0 Å². The number of benzene rings is 1. The molecule has 0 saturated heterocycles. The third-order valence-electron chi connectivity index (χ3n) is 0.997. The van der Waals surface area contributed by atoms with E-state index in [1.807, 2.05) is 18.2 Å². The molecule has 1 aromatic rings. The summed E-state index contributed by atoms with van der Waals surface area (Å²) in [4.78, 5) is 0. The fraction of sp³-hybridized carbons (Fsp3) is 0.143. The van der Waals surface area contributed by atoms with Crippen LogP contribution in [0.2, 0.25) is 0 Å². The zero-order valence-corrected chi connectivity index (χ0v) is 8.51. The van der Waals surface area contributed by atoms with E-state index in [-0.39, 0.29) is 24.8 Å². The van der Waals surface area contributed by atoms with Crippen LogP contribution in [0.4, 0.5) is 0 Å². The Hall–Kier alpha value is 0.280. The Morgan fingerprint density at radius 1 is 1.00 bits per heavy atom. The smallest absolute Gasteiger partial charge is 0.0283 e. The van der Waals surface area contributed by atoms with Gasteiger partial charge >= 0.3 is 0 Å². The molecule has 0 unspecified atom stereocenters. The second-order valence-electron chi connectivity index (χ2n) is 1.62. The zero-order chi connectivity index (χ0) is 5.82. The number of rotatable bonds is 1. The van der Waals surface area contributed by atoms with Crippen LogP contribution >= 0.6 is 40.7 Å². The first-order valence-electron chi connectivity index (χ1n) is 2.53. The van der Waals surface area contributed by atoms with Crippen molar-refractivity contribution in [3.05, 3.63) is 35.9 Å². The Kier molecular flexibility index (Phi) is 9.54. The molecule has 0 heterocycles. The molecule has 3 heteroatoms. The van der Waals surface area contributed by atoms with Gasteiger partial charge in [0.1, 0.15) is 0 Å². The molecule has 58 valence electrons. The van der Waals surface area contributed by atoms with Gasteiger partial charge in [0.15, 0.2) is 0 Å². The predicted octanol–water partition coefficient (Wildman–Crippen LogP) is 3.43. The lowest BCUT2D eigenvalue weighted by Crippen LogP contribution is -1.70. The van der Waals surface area contributed by atoms with E-state index >= 15 is 0 Å². The summed E-state index contributed by atoms with van der Waals surface area (Å²) in [6, 6.07) is 10.3. The van der Waals surface area contributed by atoms with Crippen LogP contribution < -0.4 is 0 Å². The standard InChI is InChI=1S/C7H7Br.2ClH/c8-6-7-4-2-1-3-5-7;;/h1-5H,6H2;2*1H. The van der Waals surface area contributed by atoms with Gasteiger partial charge in [-0.05, 0) is 5.56 Å². The molecule has 0 spiro atoms. The van der Waals surface area contributed by atoms with E-state index in [2.05, 4.69) is 28.1 Å². The van der Waals surface area contributed by atoms with Crippen molar-refractivity contribution in [3.63, 3.8) is 0 Å². The molecule has 1 aromatic carbocycles. The summed E-state index contributed by atoms with van der Waals surface area (Å²) in [5, 5.41) is 0.952.